The molecule has 1 aliphatic rings. The van der Waals surface area contributed by atoms with Crippen molar-refractivity contribution < 1.29 is 32.7 Å². The molecule has 0 saturated carbocycles. The Balaban J connectivity index is 0.000000360. The van der Waals surface area contributed by atoms with Gasteiger partial charge in [-0.25, -0.2) is 4.79 Å². The number of aliphatic carboxylic acids is 1. The van der Waals surface area contributed by atoms with Crippen molar-refractivity contribution in [3.8, 4) is 0 Å². The Labute approximate surface area is 184 Å². The van der Waals surface area contributed by atoms with Crippen LogP contribution in [0.4, 0.5) is 18.2 Å². The number of anilines is 1. The van der Waals surface area contributed by atoms with Crippen LogP contribution >= 0.6 is 11.5 Å². The van der Waals surface area contributed by atoms with Crippen LogP contribution in [0.2, 0.25) is 0 Å². The summed E-state index contributed by atoms with van der Waals surface area (Å²) < 4.78 is 38.0. The third kappa shape index (κ3) is 5.14. The summed E-state index contributed by atoms with van der Waals surface area (Å²) >= 11 is 1.18. The molecule has 3 N–H and O–H groups in total. The standard InChI is InChI=1S/C18H18N4O2S.C2HF3O2/c1-11-10-15(25-21-11)20-18(24)17(23)16-12-4-2-3-5-13(12)22-9-8-19-7-6-14(16)22;3-2(4,5)1(6)7/h2-5,10,19H,6-9H2,1H3,(H,20,24);(H,6,7). The van der Waals surface area contributed by atoms with Crippen molar-refractivity contribution in [2.75, 3.05) is 18.4 Å². The highest BCUT2D eigenvalue weighted by molar-refractivity contribution is 7.10. The monoisotopic (exact) mass is 468 g/mol. The van der Waals surface area contributed by atoms with Gasteiger partial charge in [0.25, 0.3) is 11.7 Å². The van der Waals surface area contributed by atoms with Gasteiger partial charge in [-0.05, 0) is 30.6 Å². The van der Waals surface area contributed by atoms with Gasteiger partial charge in [0, 0.05) is 42.7 Å². The van der Waals surface area contributed by atoms with Crippen LogP contribution in [0, 0.1) is 6.92 Å². The zero-order valence-electron chi connectivity index (χ0n) is 16.8. The van der Waals surface area contributed by atoms with Gasteiger partial charge >= 0.3 is 12.1 Å². The van der Waals surface area contributed by atoms with Crippen LogP contribution in [0.25, 0.3) is 10.9 Å². The highest BCUT2D eigenvalue weighted by Gasteiger charge is 2.38. The molecule has 32 heavy (non-hydrogen) atoms. The number of hydrogen-bond acceptors (Lipinski definition) is 6. The molecule has 0 bridgehead atoms. The number of carbonyl (C=O) groups is 3. The lowest BCUT2D eigenvalue weighted by molar-refractivity contribution is -0.192. The van der Waals surface area contributed by atoms with Gasteiger partial charge in [0.1, 0.15) is 5.00 Å². The fourth-order valence-electron chi connectivity index (χ4n) is 3.35. The summed E-state index contributed by atoms with van der Waals surface area (Å²) in [7, 11) is 0. The number of aryl methyl sites for hydroxylation is 1. The topological polar surface area (TPSA) is 113 Å². The molecule has 1 amide bonds. The summed E-state index contributed by atoms with van der Waals surface area (Å²) in [6.07, 6.45) is -4.36. The van der Waals surface area contributed by atoms with Crippen molar-refractivity contribution in [3.05, 3.63) is 47.3 Å². The Bertz CT molecular complexity index is 1170. The van der Waals surface area contributed by atoms with Crippen molar-refractivity contribution in [2.45, 2.75) is 26.1 Å². The molecule has 1 aromatic carbocycles. The molecule has 0 fully saturated rings. The predicted octanol–water partition coefficient (Wildman–Crippen LogP) is 3.01. The Morgan fingerprint density at radius 2 is 1.91 bits per heavy atom. The highest BCUT2D eigenvalue weighted by atomic mass is 32.1. The number of carboxylic acid groups (broad SMARTS) is 1. The molecule has 0 saturated heterocycles. The van der Waals surface area contributed by atoms with E-state index in [1.165, 1.54) is 11.5 Å². The van der Waals surface area contributed by atoms with Crippen molar-refractivity contribution in [1.29, 1.82) is 0 Å². The number of nitrogens with one attached hydrogen (secondary N) is 2. The van der Waals surface area contributed by atoms with E-state index < -0.39 is 23.8 Å². The van der Waals surface area contributed by atoms with Gasteiger partial charge in [0.05, 0.1) is 11.3 Å². The number of amides is 1. The maximum Gasteiger partial charge on any atom is 0.490 e. The summed E-state index contributed by atoms with van der Waals surface area (Å²) in [5.41, 5.74) is 3.29. The lowest BCUT2D eigenvalue weighted by atomic mass is 10.0. The van der Waals surface area contributed by atoms with Crippen LogP contribution in [0.5, 0.6) is 0 Å². The average Bonchev–Trinajstić information content (AvgIpc) is 3.17. The van der Waals surface area contributed by atoms with E-state index >= 15 is 0 Å². The molecule has 170 valence electrons. The van der Waals surface area contributed by atoms with Gasteiger partial charge in [-0.1, -0.05) is 18.2 Å². The smallest absolute Gasteiger partial charge is 0.475 e. The van der Waals surface area contributed by atoms with Crippen LogP contribution < -0.4 is 10.6 Å². The van der Waals surface area contributed by atoms with Crippen molar-refractivity contribution >= 4 is 45.1 Å². The molecule has 2 aromatic heterocycles. The van der Waals surface area contributed by atoms with E-state index in [0.717, 1.165) is 48.3 Å². The van der Waals surface area contributed by atoms with Gasteiger partial charge in [-0.15, -0.1) is 0 Å². The van der Waals surface area contributed by atoms with Crippen LogP contribution in [0.1, 0.15) is 21.7 Å². The summed E-state index contributed by atoms with van der Waals surface area (Å²) in [6, 6.07) is 9.55. The summed E-state index contributed by atoms with van der Waals surface area (Å²) in [4.78, 5) is 34.4. The van der Waals surface area contributed by atoms with Crippen LogP contribution in [-0.4, -0.2) is 51.0 Å². The number of Topliss-reactive ketones (excluding diaryl/α,β-unsaturated/α-hetero) is 1. The number of fused-ring (bicyclic) bond motifs is 3. The molecular formula is C20H19F3N4O4S. The molecule has 0 aliphatic carbocycles. The molecular weight excluding hydrogens is 449 g/mol. The molecule has 8 nitrogen and oxygen atoms in total. The zero-order chi connectivity index (χ0) is 23.5. The number of nitrogens with zero attached hydrogens (tertiary/aromatic N) is 2. The van der Waals surface area contributed by atoms with E-state index in [9.17, 15) is 22.8 Å². The van der Waals surface area contributed by atoms with Crippen LogP contribution in [-0.2, 0) is 22.6 Å². The van der Waals surface area contributed by atoms with Gasteiger partial charge in [-0.2, -0.15) is 17.5 Å². The molecule has 3 aromatic rings. The SMILES string of the molecule is Cc1cc(NC(=O)C(=O)c2c3n(c4ccccc24)CCNCC3)sn1.O=C(O)C(F)(F)F. The molecule has 0 atom stereocenters. The molecule has 0 unspecified atom stereocenters. The van der Waals surface area contributed by atoms with Crippen molar-refractivity contribution in [1.82, 2.24) is 14.3 Å². The van der Waals surface area contributed by atoms with Crippen molar-refractivity contribution in [3.63, 3.8) is 0 Å². The Morgan fingerprint density at radius 1 is 1.22 bits per heavy atom. The maximum absolute atomic E-state index is 13.0. The minimum absolute atomic E-state index is 0.488. The Kier molecular flexibility index (Phi) is 6.94. The minimum Gasteiger partial charge on any atom is -0.475 e. The van der Waals surface area contributed by atoms with Crippen LogP contribution in [0.3, 0.4) is 0 Å². The second kappa shape index (κ2) is 9.49. The first-order valence-corrected chi connectivity index (χ1v) is 10.3. The number of rotatable bonds is 3. The normalized spacial score (nSPS) is 13.5. The number of ketones is 1. The third-order valence-corrected chi connectivity index (χ3v) is 5.47. The Morgan fingerprint density at radius 3 is 2.53 bits per heavy atom. The van der Waals surface area contributed by atoms with E-state index in [1.807, 2.05) is 31.2 Å². The second-order valence-electron chi connectivity index (χ2n) is 6.91. The van der Waals surface area contributed by atoms with E-state index in [0.29, 0.717) is 10.6 Å². The van der Waals surface area contributed by atoms with Gasteiger partial charge in [-0.3, -0.25) is 9.59 Å². The number of halogens is 3. The fraction of sp³-hybridized carbons (Fsp3) is 0.300. The second-order valence-corrected chi connectivity index (χ2v) is 7.71. The molecule has 4 rings (SSSR count). The molecule has 3 heterocycles. The lowest BCUT2D eigenvalue weighted by Crippen LogP contribution is -2.24. The largest absolute Gasteiger partial charge is 0.490 e. The van der Waals surface area contributed by atoms with E-state index in [2.05, 4.69) is 19.6 Å². The molecule has 12 heteroatoms. The first-order valence-electron chi connectivity index (χ1n) is 9.49. The summed E-state index contributed by atoms with van der Waals surface area (Å²) in [6.45, 7) is 4.29. The van der Waals surface area contributed by atoms with E-state index in [-0.39, 0.29) is 0 Å². The summed E-state index contributed by atoms with van der Waals surface area (Å²) in [5, 5.41) is 14.6. The number of hydrogen-bond donors (Lipinski definition) is 3. The third-order valence-electron chi connectivity index (χ3n) is 4.67. The predicted molar refractivity (Wildman–Crippen MR) is 112 cm³/mol. The zero-order valence-corrected chi connectivity index (χ0v) is 17.6. The van der Waals surface area contributed by atoms with Gasteiger partial charge in [0.15, 0.2) is 0 Å². The molecule has 0 radical (unpaired) electrons. The number of benzene rings is 1. The van der Waals surface area contributed by atoms with Gasteiger partial charge in [0.2, 0.25) is 0 Å². The first kappa shape index (κ1) is 23.4. The fourth-order valence-corrected chi connectivity index (χ4v) is 4.01. The average molecular weight is 468 g/mol. The maximum atomic E-state index is 13.0. The van der Waals surface area contributed by atoms with E-state index in [1.54, 1.807) is 6.07 Å². The summed E-state index contributed by atoms with van der Waals surface area (Å²) in [5.74, 6) is -3.86. The van der Waals surface area contributed by atoms with E-state index in [4.69, 9.17) is 9.90 Å². The highest BCUT2D eigenvalue weighted by Crippen LogP contribution is 2.28. The first-order chi connectivity index (χ1) is 15.1. The number of carboxylic acids is 1. The quantitative estimate of drug-likeness (QED) is 0.402. The Hall–Kier alpha value is -3.25. The van der Waals surface area contributed by atoms with Crippen molar-refractivity contribution in [2.24, 2.45) is 0 Å². The molecule has 0 spiro atoms. The molecule has 1 aliphatic heterocycles. The number of aromatic nitrogens is 2. The minimum atomic E-state index is -5.08. The number of alkyl halides is 3. The van der Waals surface area contributed by atoms with Gasteiger partial charge < -0.3 is 20.3 Å². The number of para-hydroxylation sites is 1. The lowest BCUT2D eigenvalue weighted by Gasteiger charge is -2.07. The number of carbonyl (C=O) groups excluding carboxylic acids is 2. The van der Waals surface area contributed by atoms with Crippen LogP contribution in [0.15, 0.2) is 30.3 Å².